The summed E-state index contributed by atoms with van der Waals surface area (Å²) in [5, 5.41) is 0. The Kier molecular flexibility index (Phi) is 2.93. The predicted octanol–water partition coefficient (Wildman–Crippen LogP) is 1.29. The van der Waals surface area contributed by atoms with Gasteiger partial charge in [-0.25, -0.2) is 9.97 Å². The minimum Gasteiger partial charge on any atom is -0.364 e. The number of hydrogen-bond acceptors (Lipinski definition) is 3. The Labute approximate surface area is 106 Å². The third-order valence-corrected chi connectivity index (χ3v) is 3.06. The van der Waals surface area contributed by atoms with Crippen LogP contribution in [0.5, 0.6) is 0 Å². The Bertz CT molecular complexity index is 673. The number of fused-ring (bicyclic) bond motifs is 1. The van der Waals surface area contributed by atoms with Crippen LogP contribution in [0.4, 0.5) is 0 Å². The molecular weight excluding hydrogens is 244 g/mol. The van der Waals surface area contributed by atoms with Gasteiger partial charge in [0.15, 0.2) is 5.69 Å². The van der Waals surface area contributed by atoms with Gasteiger partial charge >= 0.3 is 0 Å². The number of amides is 1. The average molecular weight is 258 g/mol. The van der Waals surface area contributed by atoms with Crippen LogP contribution >= 0.6 is 0 Å². The van der Waals surface area contributed by atoms with Gasteiger partial charge in [-0.3, -0.25) is 4.79 Å². The first-order valence-electron chi connectivity index (χ1n) is 5.55. The van der Waals surface area contributed by atoms with Crippen LogP contribution in [0, 0.1) is 11.5 Å². The first kappa shape index (κ1) is 12.3. The topological polar surface area (TPSA) is 84.7 Å². The van der Waals surface area contributed by atoms with E-state index in [4.69, 9.17) is 5.73 Å². The lowest BCUT2D eigenvalue weighted by Crippen LogP contribution is -2.17. The second-order valence-corrected chi connectivity index (χ2v) is 9.75. The third kappa shape index (κ3) is 2.57. The molecule has 0 saturated heterocycles. The predicted molar refractivity (Wildman–Crippen MR) is 72.6 cm³/mol. The molecule has 0 spiro atoms. The fourth-order valence-electron chi connectivity index (χ4n) is 1.42. The first-order valence-corrected chi connectivity index (χ1v) is 9.05. The van der Waals surface area contributed by atoms with Crippen molar-refractivity contribution in [2.24, 2.45) is 5.73 Å². The van der Waals surface area contributed by atoms with E-state index in [0.29, 0.717) is 16.9 Å². The van der Waals surface area contributed by atoms with Gasteiger partial charge in [-0.1, -0.05) is 19.6 Å². The summed E-state index contributed by atoms with van der Waals surface area (Å²) < 4.78 is 0. The lowest BCUT2D eigenvalue weighted by atomic mass is 10.3. The van der Waals surface area contributed by atoms with Gasteiger partial charge < -0.3 is 10.7 Å². The van der Waals surface area contributed by atoms with Crippen LogP contribution in [0.2, 0.25) is 19.6 Å². The molecule has 18 heavy (non-hydrogen) atoms. The smallest absolute Gasteiger partial charge is 0.269 e. The van der Waals surface area contributed by atoms with Crippen LogP contribution in [0.3, 0.4) is 0 Å². The third-order valence-electron chi connectivity index (χ3n) is 2.19. The lowest BCUT2D eigenvalue weighted by Gasteiger charge is -2.03. The summed E-state index contributed by atoms with van der Waals surface area (Å²) in [6, 6.07) is 1.77. The molecule has 2 aromatic heterocycles. The van der Waals surface area contributed by atoms with Crippen molar-refractivity contribution in [3.05, 3.63) is 23.8 Å². The highest BCUT2D eigenvalue weighted by Gasteiger charge is 2.13. The van der Waals surface area contributed by atoms with E-state index in [0.717, 1.165) is 0 Å². The van der Waals surface area contributed by atoms with Crippen molar-refractivity contribution in [2.75, 3.05) is 0 Å². The van der Waals surface area contributed by atoms with E-state index in [1.54, 1.807) is 12.3 Å². The molecule has 3 N–H and O–H groups in total. The molecule has 0 bridgehead atoms. The van der Waals surface area contributed by atoms with Crippen LogP contribution in [0.15, 0.2) is 12.3 Å². The zero-order chi connectivity index (χ0) is 13.3. The molecule has 0 radical (unpaired) electrons. The summed E-state index contributed by atoms with van der Waals surface area (Å²) in [4.78, 5) is 22.6. The maximum Gasteiger partial charge on any atom is 0.269 e. The van der Waals surface area contributed by atoms with Crippen molar-refractivity contribution in [3.63, 3.8) is 0 Å². The number of rotatable bonds is 1. The van der Waals surface area contributed by atoms with Gasteiger partial charge in [0.1, 0.15) is 8.07 Å². The zero-order valence-corrected chi connectivity index (χ0v) is 11.5. The fraction of sp³-hybridized carbons (Fsp3) is 0.250. The molecule has 5 nitrogen and oxygen atoms in total. The molecule has 0 unspecified atom stereocenters. The number of nitrogens with two attached hydrogens (primary N) is 1. The molecule has 2 rings (SSSR count). The standard InChI is InChI=1S/C12H14N4OSi/c1-18(2,3)7-5-9-15-8-4-6-14-10(8)11(16-9)12(13)17/h4,6,14H,1-3H3,(H2,13,17). The summed E-state index contributed by atoms with van der Waals surface area (Å²) in [5.74, 6) is 2.69. The zero-order valence-electron chi connectivity index (χ0n) is 10.5. The molecular formula is C12H14N4OSi. The molecule has 0 aliphatic heterocycles. The molecule has 6 heteroatoms. The summed E-state index contributed by atoms with van der Waals surface area (Å²) in [6.45, 7) is 6.39. The molecule has 0 aliphatic carbocycles. The van der Waals surface area contributed by atoms with Crippen LogP contribution in [0.25, 0.3) is 11.0 Å². The van der Waals surface area contributed by atoms with Gasteiger partial charge in [-0.2, -0.15) is 0 Å². The van der Waals surface area contributed by atoms with Gasteiger partial charge in [0.2, 0.25) is 5.82 Å². The second-order valence-electron chi connectivity index (χ2n) is 5.00. The average Bonchev–Trinajstić information content (AvgIpc) is 2.71. The Hall–Kier alpha value is -2.13. The van der Waals surface area contributed by atoms with Gasteiger partial charge in [-0.15, -0.1) is 5.54 Å². The highest BCUT2D eigenvalue weighted by Crippen LogP contribution is 2.13. The maximum atomic E-state index is 11.3. The molecule has 1 amide bonds. The van der Waals surface area contributed by atoms with Gasteiger partial charge in [-0.05, 0) is 12.0 Å². The molecule has 92 valence electrons. The van der Waals surface area contributed by atoms with Crippen LogP contribution in [-0.4, -0.2) is 28.9 Å². The van der Waals surface area contributed by atoms with E-state index >= 15 is 0 Å². The molecule has 0 saturated carbocycles. The molecule has 2 heterocycles. The number of hydrogen-bond donors (Lipinski definition) is 2. The fourth-order valence-corrected chi connectivity index (χ4v) is 1.91. The first-order chi connectivity index (χ1) is 8.37. The highest BCUT2D eigenvalue weighted by atomic mass is 28.3. The number of aromatic amines is 1. The highest BCUT2D eigenvalue weighted by molar-refractivity contribution is 6.83. The molecule has 0 aromatic carbocycles. The van der Waals surface area contributed by atoms with E-state index in [1.165, 1.54) is 0 Å². The SMILES string of the molecule is C[Si](C)(C)C#Cc1nc(C(N)=O)c2[nH]ccc2n1. The van der Waals surface area contributed by atoms with E-state index in [9.17, 15) is 4.79 Å². The van der Waals surface area contributed by atoms with Gasteiger partial charge in [0.05, 0.1) is 11.0 Å². The Morgan fingerprint density at radius 1 is 1.39 bits per heavy atom. The molecule has 2 aromatic rings. The van der Waals surface area contributed by atoms with Crippen molar-refractivity contribution in [3.8, 4) is 11.5 Å². The van der Waals surface area contributed by atoms with E-state index in [1.807, 2.05) is 0 Å². The minimum absolute atomic E-state index is 0.185. The van der Waals surface area contributed by atoms with Crippen molar-refractivity contribution in [2.45, 2.75) is 19.6 Å². The number of aromatic nitrogens is 3. The lowest BCUT2D eigenvalue weighted by molar-refractivity contribution is 0.0997. The molecule has 0 aliphatic rings. The van der Waals surface area contributed by atoms with Crippen molar-refractivity contribution in [1.82, 2.24) is 15.0 Å². The van der Waals surface area contributed by atoms with Crippen LogP contribution in [0.1, 0.15) is 16.3 Å². The van der Waals surface area contributed by atoms with Crippen molar-refractivity contribution in [1.29, 1.82) is 0 Å². The molecule has 0 atom stereocenters. The largest absolute Gasteiger partial charge is 0.364 e. The summed E-state index contributed by atoms with van der Waals surface area (Å²) in [6.07, 6.45) is 1.70. The number of nitrogens with zero attached hydrogens (tertiary/aromatic N) is 2. The second kappa shape index (κ2) is 4.27. The van der Waals surface area contributed by atoms with E-state index < -0.39 is 14.0 Å². The monoisotopic (exact) mass is 258 g/mol. The summed E-state index contributed by atoms with van der Waals surface area (Å²) >= 11 is 0. The number of H-pyrrole nitrogens is 1. The van der Waals surface area contributed by atoms with Crippen LogP contribution in [-0.2, 0) is 0 Å². The Balaban J connectivity index is 2.59. The number of carbonyl (C=O) groups is 1. The summed E-state index contributed by atoms with van der Waals surface area (Å²) in [5.41, 5.74) is 9.86. The quantitative estimate of drug-likeness (QED) is 0.597. The number of nitrogens with one attached hydrogen (secondary N) is 1. The number of carbonyl (C=O) groups excluding carboxylic acids is 1. The van der Waals surface area contributed by atoms with Crippen LogP contribution < -0.4 is 5.73 Å². The maximum absolute atomic E-state index is 11.3. The normalized spacial score (nSPS) is 11.1. The Morgan fingerprint density at radius 3 is 2.72 bits per heavy atom. The minimum atomic E-state index is -1.50. The Morgan fingerprint density at radius 2 is 2.11 bits per heavy atom. The summed E-state index contributed by atoms with van der Waals surface area (Å²) in [7, 11) is -1.50. The van der Waals surface area contributed by atoms with Crippen molar-refractivity contribution < 1.29 is 4.79 Å². The van der Waals surface area contributed by atoms with Crippen molar-refractivity contribution >= 4 is 25.0 Å². The van der Waals surface area contributed by atoms with E-state index in [2.05, 4.69) is 46.1 Å². The molecule has 0 fully saturated rings. The van der Waals surface area contributed by atoms with E-state index in [-0.39, 0.29) is 5.69 Å². The van der Waals surface area contributed by atoms with Gasteiger partial charge in [0, 0.05) is 6.20 Å². The van der Waals surface area contributed by atoms with Gasteiger partial charge in [0.25, 0.3) is 5.91 Å². The number of primary amides is 1.